The summed E-state index contributed by atoms with van der Waals surface area (Å²) in [6.07, 6.45) is 7.73. The van der Waals surface area contributed by atoms with E-state index in [-0.39, 0.29) is 0 Å². The SMILES string of the molecule is CCNC(C)(C)C(=O)N1CCC[C@H]2CCCC[C@H]21. The molecule has 2 atom stereocenters. The van der Waals surface area contributed by atoms with Crippen LogP contribution < -0.4 is 5.32 Å². The number of hydrogen-bond donors (Lipinski definition) is 1. The van der Waals surface area contributed by atoms with Gasteiger partial charge in [-0.25, -0.2) is 0 Å². The van der Waals surface area contributed by atoms with E-state index in [0.29, 0.717) is 11.9 Å². The monoisotopic (exact) mass is 252 g/mol. The zero-order chi connectivity index (χ0) is 13.2. The van der Waals surface area contributed by atoms with Crippen molar-refractivity contribution in [2.75, 3.05) is 13.1 Å². The largest absolute Gasteiger partial charge is 0.338 e. The van der Waals surface area contributed by atoms with Gasteiger partial charge in [0.1, 0.15) is 0 Å². The molecule has 3 nitrogen and oxygen atoms in total. The Bertz CT molecular complexity index is 299. The smallest absolute Gasteiger partial charge is 0.242 e. The highest BCUT2D eigenvalue weighted by molar-refractivity contribution is 5.86. The van der Waals surface area contributed by atoms with Gasteiger partial charge in [0.15, 0.2) is 0 Å². The van der Waals surface area contributed by atoms with Crippen molar-refractivity contribution in [3.05, 3.63) is 0 Å². The Hall–Kier alpha value is -0.570. The van der Waals surface area contributed by atoms with Gasteiger partial charge in [-0.2, -0.15) is 0 Å². The molecule has 3 heteroatoms. The number of amides is 1. The Morgan fingerprint density at radius 2 is 1.89 bits per heavy atom. The third-order valence-electron chi connectivity index (χ3n) is 4.66. The summed E-state index contributed by atoms with van der Waals surface area (Å²) in [5, 5.41) is 3.32. The number of carbonyl (C=O) groups is 1. The third kappa shape index (κ3) is 2.71. The van der Waals surface area contributed by atoms with Gasteiger partial charge in [-0.05, 0) is 52.0 Å². The maximum atomic E-state index is 12.7. The fourth-order valence-electron chi connectivity index (χ4n) is 3.75. The van der Waals surface area contributed by atoms with Crippen LogP contribution in [0, 0.1) is 5.92 Å². The first-order valence-corrected chi connectivity index (χ1v) is 7.62. The lowest BCUT2D eigenvalue weighted by Gasteiger charge is -2.46. The van der Waals surface area contributed by atoms with Gasteiger partial charge in [0, 0.05) is 12.6 Å². The molecular formula is C15H28N2O. The molecule has 0 aromatic heterocycles. The van der Waals surface area contributed by atoms with Crippen LogP contribution in [0.15, 0.2) is 0 Å². The second-order valence-electron chi connectivity index (χ2n) is 6.41. The van der Waals surface area contributed by atoms with E-state index >= 15 is 0 Å². The van der Waals surface area contributed by atoms with Crippen molar-refractivity contribution in [2.24, 2.45) is 5.92 Å². The molecular weight excluding hydrogens is 224 g/mol. The molecule has 0 aromatic carbocycles. The standard InChI is InChI=1S/C15H28N2O/c1-4-16-15(2,3)14(18)17-11-7-9-12-8-5-6-10-13(12)17/h12-13,16H,4-11H2,1-3H3/t12-,13-/m1/s1. The Morgan fingerprint density at radius 1 is 1.22 bits per heavy atom. The molecule has 1 saturated carbocycles. The highest BCUT2D eigenvalue weighted by Gasteiger charge is 2.40. The summed E-state index contributed by atoms with van der Waals surface area (Å²) in [6, 6.07) is 0.526. The molecule has 1 saturated heterocycles. The lowest BCUT2D eigenvalue weighted by atomic mass is 9.77. The van der Waals surface area contributed by atoms with Crippen molar-refractivity contribution >= 4 is 5.91 Å². The van der Waals surface area contributed by atoms with Crippen molar-refractivity contribution in [1.82, 2.24) is 10.2 Å². The Morgan fingerprint density at radius 3 is 2.61 bits per heavy atom. The number of rotatable bonds is 3. The van der Waals surface area contributed by atoms with E-state index in [2.05, 4.69) is 17.1 Å². The quantitative estimate of drug-likeness (QED) is 0.837. The number of carbonyl (C=O) groups excluding carboxylic acids is 1. The van der Waals surface area contributed by atoms with Crippen LogP contribution in [-0.4, -0.2) is 35.5 Å². The molecule has 0 bridgehead atoms. The summed E-state index contributed by atoms with van der Waals surface area (Å²) in [5.74, 6) is 1.08. The van der Waals surface area contributed by atoms with E-state index in [1.54, 1.807) is 0 Å². The van der Waals surface area contributed by atoms with Gasteiger partial charge in [-0.15, -0.1) is 0 Å². The Balaban J connectivity index is 2.08. The first kappa shape index (κ1) is 13.9. The van der Waals surface area contributed by atoms with Crippen molar-refractivity contribution in [3.8, 4) is 0 Å². The number of nitrogens with one attached hydrogen (secondary N) is 1. The fraction of sp³-hybridized carbons (Fsp3) is 0.933. The van der Waals surface area contributed by atoms with Crippen LogP contribution in [0.5, 0.6) is 0 Å². The average Bonchev–Trinajstić information content (AvgIpc) is 2.37. The van der Waals surface area contributed by atoms with Gasteiger partial charge in [-0.3, -0.25) is 4.79 Å². The molecule has 1 aliphatic carbocycles. The molecule has 1 N–H and O–H groups in total. The number of hydrogen-bond acceptors (Lipinski definition) is 2. The number of nitrogens with zero attached hydrogens (tertiary/aromatic N) is 1. The number of likely N-dealkylation sites (tertiary alicyclic amines) is 1. The highest BCUT2D eigenvalue weighted by Crippen LogP contribution is 2.36. The minimum absolute atomic E-state index is 0.306. The molecule has 1 aliphatic heterocycles. The van der Waals surface area contributed by atoms with Gasteiger partial charge in [0.2, 0.25) is 5.91 Å². The van der Waals surface area contributed by atoms with E-state index in [4.69, 9.17) is 0 Å². The van der Waals surface area contributed by atoms with Crippen LogP contribution in [0.3, 0.4) is 0 Å². The Kier molecular flexibility index (Phi) is 4.31. The number of piperidine rings is 1. The van der Waals surface area contributed by atoms with E-state index in [0.717, 1.165) is 19.0 Å². The van der Waals surface area contributed by atoms with Crippen LogP contribution in [0.4, 0.5) is 0 Å². The van der Waals surface area contributed by atoms with Crippen molar-refractivity contribution in [3.63, 3.8) is 0 Å². The summed E-state index contributed by atoms with van der Waals surface area (Å²) in [6.45, 7) is 7.92. The maximum absolute atomic E-state index is 12.7. The van der Waals surface area contributed by atoms with Crippen LogP contribution in [0.2, 0.25) is 0 Å². The minimum Gasteiger partial charge on any atom is -0.338 e. The fourth-order valence-corrected chi connectivity index (χ4v) is 3.75. The summed E-state index contributed by atoms with van der Waals surface area (Å²) in [4.78, 5) is 14.9. The minimum atomic E-state index is -0.409. The molecule has 18 heavy (non-hydrogen) atoms. The van der Waals surface area contributed by atoms with Gasteiger partial charge in [0.25, 0.3) is 0 Å². The molecule has 0 radical (unpaired) electrons. The molecule has 104 valence electrons. The van der Waals surface area contributed by atoms with E-state index in [1.807, 2.05) is 13.8 Å². The lowest BCUT2D eigenvalue weighted by Crippen LogP contribution is -2.59. The second kappa shape index (κ2) is 5.60. The van der Waals surface area contributed by atoms with Crippen LogP contribution in [0.25, 0.3) is 0 Å². The Labute approximate surface area is 111 Å². The second-order valence-corrected chi connectivity index (χ2v) is 6.41. The first-order chi connectivity index (χ1) is 8.56. The van der Waals surface area contributed by atoms with E-state index in [1.165, 1.54) is 38.5 Å². The molecule has 0 spiro atoms. The number of likely N-dealkylation sites (N-methyl/N-ethyl adjacent to an activating group) is 1. The van der Waals surface area contributed by atoms with E-state index in [9.17, 15) is 4.79 Å². The zero-order valence-corrected chi connectivity index (χ0v) is 12.2. The zero-order valence-electron chi connectivity index (χ0n) is 12.2. The molecule has 2 aliphatic rings. The van der Waals surface area contributed by atoms with Crippen LogP contribution in [0.1, 0.15) is 59.3 Å². The summed E-state index contributed by atoms with van der Waals surface area (Å²) < 4.78 is 0. The molecule has 0 aromatic rings. The molecule has 2 rings (SSSR count). The molecule has 1 heterocycles. The van der Waals surface area contributed by atoms with Crippen LogP contribution >= 0.6 is 0 Å². The van der Waals surface area contributed by atoms with Gasteiger partial charge in [-0.1, -0.05) is 19.8 Å². The van der Waals surface area contributed by atoms with Crippen molar-refractivity contribution in [1.29, 1.82) is 0 Å². The van der Waals surface area contributed by atoms with Gasteiger partial charge < -0.3 is 10.2 Å². The van der Waals surface area contributed by atoms with Crippen molar-refractivity contribution < 1.29 is 4.79 Å². The van der Waals surface area contributed by atoms with Crippen molar-refractivity contribution in [2.45, 2.75) is 70.9 Å². The number of fused-ring (bicyclic) bond motifs is 1. The molecule has 1 amide bonds. The maximum Gasteiger partial charge on any atom is 0.242 e. The lowest BCUT2D eigenvalue weighted by molar-refractivity contribution is -0.143. The summed E-state index contributed by atoms with van der Waals surface area (Å²) in [5.41, 5.74) is -0.409. The highest BCUT2D eigenvalue weighted by atomic mass is 16.2. The first-order valence-electron chi connectivity index (χ1n) is 7.62. The molecule has 2 fully saturated rings. The van der Waals surface area contributed by atoms with Crippen LogP contribution in [-0.2, 0) is 4.79 Å². The topological polar surface area (TPSA) is 32.3 Å². The molecule has 0 unspecified atom stereocenters. The normalized spacial score (nSPS) is 28.9. The third-order valence-corrected chi connectivity index (χ3v) is 4.66. The predicted octanol–water partition coefficient (Wildman–Crippen LogP) is 2.56. The summed E-state index contributed by atoms with van der Waals surface area (Å²) >= 11 is 0. The predicted molar refractivity (Wildman–Crippen MR) is 74.4 cm³/mol. The van der Waals surface area contributed by atoms with E-state index < -0.39 is 5.54 Å². The van der Waals surface area contributed by atoms with Gasteiger partial charge in [0.05, 0.1) is 5.54 Å². The summed E-state index contributed by atoms with van der Waals surface area (Å²) in [7, 11) is 0. The average molecular weight is 252 g/mol. The van der Waals surface area contributed by atoms with Gasteiger partial charge >= 0.3 is 0 Å².